The van der Waals surface area contributed by atoms with E-state index in [0.717, 1.165) is 5.92 Å². The molecule has 0 aromatic carbocycles. The maximum absolute atomic E-state index is 3.78. The Kier molecular flexibility index (Phi) is 5.35. The third-order valence-corrected chi connectivity index (χ3v) is 6.04. The van der Waals surface area contributed by atoms with Crippen molar-refractivity contribution in [3.8, 4) is 0 Å². The van der Waals surface area contributed by atoms with Gasteiger partial charge in [-0.05, 0) is 44.1 Å². The third-order valence-electron chi connectivity index (χ3n) is 4.85. The van der Waals surface area contributed by atoms with E-state index in [4.69, 9.17) is 0 Å². The molecule has 0 amide bonds. The summed E-state index contributed by atoms with van der Waals surface area (Å²) >= 11 is 3.78. The van der Waals surface area contributed by atoms with Crippen LogP contribution in [0.15, 0.2) is 0 Å². The van der Waals surface area contributed by atoms with Crippen molar-refractivity contribution in [2.24, 2.45) is 11.3 Å². The Morgan fingerprint density at radius 3 is 2.29 bits per heavy atom. The lowest BCUT2D eigenvalue weighted by atomic mass is 9.75. The molecular weight excluding hydrogens is 274 g/mol. The molecule has 0 aromatic heterocycles. The summed E-state index contributed by atoms with van der Waals surface area (Å²) in [6, 6.07) is 0. The SMILES string of the molecule is CN(CC1CCCC1)CC1(CBr)CCCCC1. The fourth-order valence-electron chi connectivity index (χ4n) is 3.91. The molecular formula is C15H28BrN. The number of halogens is 1. The molecule has 0 heterocycles. The second kappa shape index (κ2) is 6.56. The van der Waals surface area contributed by atoms with Gasteiger partial charge in [0.05, 0.1) is 0 Å². The first-order chi connectivity index (χ1) is 8.24. The van der Waals surface area contributed by atoms with Crippen LogP contribution in [0.25, 0.3) is 0 Å². The molecule has 2 fully saturated rings. The van der Waals surface area contributed by atoms with Crippen molar-refractivity contribution < 1.29 is 0 Å². The summed E-state index contributed by atoms with van der Waals surface area (Å²) in [5, 5.41) is 1.20. The number of rotatable bonds is 5. The Labute approximate surface area is 115 Å². The highest BCUT2D eigenvalue weighted by atomic mass is 79.9. The zero-order valence-electron chi connectivity index (χ0n) is 11.4. The van der Waals surface area contributed by atoms with Gasteiger partial charge in [-0.2, -0.15) is 0 Å². The van der Waals surface area contributed by atoms with Gasteiger partial charge in [0.15, 0.2) is 0 Å². The molecule has 2 aliphatic carbocycles. The van der Waals surface area contributed by atoms with Gasteiger partial charge in [-0.15, -0.1) is 0 Å². The van der Waals surface area contributed by atoms with E-state index in [9.17, 15) is 0 Å². The van der Waals surface area contributed by atoms with E-state index in [1.807, 2.05) is 0 Å². The molecule has 0 bridgehead atoms. The number of alkyl halides is 1. The first-order valence-electron chi connectivity index (χ1n) is 7.49. The molecule has 0 radical (unpaired) electrons. The first kappa shape index (κ1) is 13.9. The van der Waals surface area contributed by atoms with E-state index in [-0.39, 0.29) is 0 Å². The second-order valence-electron chi connectivity index (χ2n) is 6.54. The van der Waals surface area contributed by atoms with E-state index < -0.39 is 0 Å². The van der Waals surface area contributed by atoms with Crippen LogP contribution in [-0.4, -0.2) is 30.4 Å². The van der Waals surface area contributed by atoms with E-state index in [2.05, 4.69) is 27.9 Å². The van der Waals surface area contributed by atoms with Crippen molar-refractivity contribution in [1.82, 2.24) is 4.90 Å². The largest absolute Gasteiger partial charge is 0.306 e. The van der Waals surface area contributed by atoms with E-state index in [1.165, 1.54) is 76.2 Å². The summed E-state index contributed by atoms with van der Waals surface area (Å²) in [5.74, 6) is 0.996. The van der Waals surface area contributed by atoms with Crippen LogP contribution in [-0.2, 0) is 0 Å². The minimum absolute atomic E-state index is 0.589. The van der Waals surface area contributed by atoms with Crippen LogP contribution in [0.3, 0.4) is 0 Å². The smallest absolute Gasteiger partial charge is 0.0100 e. The monoisotopic (exact) mass is 301 g/mol. The Hall–Kier alpha value is 0.440. The van der Waals surface area contributed by atoms with Crippen molar-refractivity contribution in [3.63, 3.8) is 0 Å². The quantitative estimate of drug-likeness (QED) is 0.678. The zero-order valence-corrected chi connectivity index (χ0v) is 13.0. The predicted octanol–water partition coefficient (Wildman–Crippen LogP) is 4.45. The highest BCUT2D eigenvalue weighted by molar-refractivity contribution is 9.09. The molecule has 2 rings (SSSR count). The molecule has 2 saturated carbocycles. The van der Waals surface area contributed by atoms with Gasteiger partial charge in [-0.25, -0.2) is 0 Å². The van der Waals surface area contributed by atoms with Gasteiger partial charge in [0.2, 0.25) is 0 Å². The van der Waals surface area contributed by atoms with E-state index in [0.29, 0.717) is 5.41 Å². The van der Waals surface area contributed by atoms with Crippen LogP contribution in [0, 0.1) is 11.3 Å². The lowest BCUT2D eigenvalue weighted by molar-refractivity contribution is 0.133. The number of hydrogen-bond donors (Lipinski definition) is 0. The highest BCUT2D eigenvalue weighted by Crippen LogP contribution is 2.38. The second-order valence-corrected chi connectivity index (χ2v) is 7.10. The lowest BCUT2D eigenvalue weighted by Gasteiger charge is -2.39. The molecule has 100 valence electrons. The van der Waals surface area contributed by atoms with E-state index in [1.54, 1.807) is 0 Å². The van der Waals surface area contributed by atoms with Gasteiger partial charge in [-0.1, -0.05) is 48.0 Å². The Morgan fingerprint density at radius 2 is 1.71 bits per heavy atom. The van der Waals surface area contributed by atoms with Crippen molar-refractivity contribution in [2.75, 3.05) is 25.5 Å². The van der Waals surface area contributed by atoms with Crippen LogP contribution in [0.2, 0.25) is 0 Å². The third kappa shape index (κ3) is 3.96. The molecule has 1 nitrogen and oxygen atoms in total. The van der Waals surface area contributed by atoms with Crippen molar-refractivity contribution in [1.29, 1.82) is 0 Å². The van der Waals surface area contributed by atoms with Gasteiger partial charge in [0, 0.05) is 18.4 Å². The lowest BCUT2D eigenvalue weighted by Crippen LogP contribution is -2.40. The molecule has 0 unspecified atom stereocenters. The van der Waals surface area contributed by atoms with Crippen LogP contribution in [0.5, 0.6) is 0 Å². The van der Waals surface area contributed by atoms with Gasteiger partial charge in [-0.3, -0.25) is 0 Å². The Balaban J connectivity index is 1.80. The van der Waals surface area contributed by atoms with E-state index >= 15 is 0 Å². The minimum atomic E-state index is 0.589. The van der Waals surface area contributed by atoms with Gasteiger partial charge in [0.25, 0.3) is 0 Å². The van der Waals surface area contributed by atoms with Crippen LogP contribution >= 0.6 is 15.9 Å². The standard InChI is InChI=1S/C15H28BrN/c1-17(11-14-7-3-4-8-14)13-15(12-16)9-5-2-6-10-15/h14H,2-13H2,1H3. The summed E-state index contributed by atoms with van der Waals surface area (Å²) in [4.78, 5) is 2.63. The fourth-order valence-corrected chi connectivity index (χ4v) is 4.64. The normalized spacial score (nSPS) is 25.6. The first-order valence-corrected chi connectivity index (χ1v) is 8.61. The van der Waals surface area contributed by atoms with Crippen molar-refractivity contribution in [3.05, 3.63) is 0 Å². The molecule has 2 heteroatoms. The molecule has 0 N–H and O–H groups in total. The van der Waals surface area contributed by atoms with Gasteiger partial charge >= 0.3 is 0 Å². The maximum atomic E-state index is 3.78. The Morgan fingerprint density at radius 1 is 1.06 bits per heavy atom. The van der Waals surface area contributed by atoms with Crippen LogP contribution < -0.4 is 0 Å². The summed E-state index contributed by atoms with van der Waals surface area (Å²) in [6.07, 6.45) is 13.1. The summed E-state index contributed by atoms with van der Waals surface area (Å²) in [5.41, 5.74) is 0.589. The fraction of sp³-hybridized carbons (Fsp3) is 1.00. The van der Waals surface area contributed by atoms with Gasteiger partial charge < -0.3 is 4.90 Å². The molecule has 17 heavy (non-hydrogen) atoms. The van der Waals surface area contributed by atoms with Crippen LogP contribution in [0.4, 0.5) is 0 Å². The van der Waals surface area contributed by atoms with Gasteiger partial charge in [0.1, 0.15) is 0 Å². The summed E-state index contributed by atoms with van der Waals surface area (Å²) < 4.78 is 0. The molecule has 2 aliphatic rings. The maximum Gasteiger partial charge on any atom is 0.0100 e. The predicted molar refractivity (Wildman–Crippen MR) is 78.8 cm³/mol. The Bertz CT molecular complexity index is 217. The van der Waals surface area contributed by atoms with Crippen molar-refractivity contribution in [2.45, 2.75) is 57.8 Å². The zero-order chi connectivity index (χ0) is 12.1. The molecule has 0 aromatic rings. The molecule has 0 saturated heterocycles. The van der Waals surface area contributed by atoms with Crippen molar-refractivity contribution >= 4 is 15.9 Å². The minimum Gasteiger partial charge on any atom is -0.306 e. The highest BCUT2D eigenvalue weighted by Gasteiger charge is 2.32. The van der Waals surface area contributed by atoms with Crippen LogP contribution in [0.1, 0.15) is 57.8 Å². The average molecular weight is 302 g/mol. The molecule has 0 spiro atoms. The summed E-state index contributed by atoms with van der Waals surface area (Å²) in [6.45, 7) is 2.66. The summed E-state index contributed by atoms with van der Waals surface area (Å²) in [7, 11) is 2.34. The number of nitrogens with zero attached hydrogens (tertiary/aromatic N) is 1. The average Bonchev–Trinajstić information content (AvgIpc) is 2.83. The topological polar surface area (TPSA) is 3.24 Å². The molecule has 0 aliphatic heterocycles. The number of hydrogen-bond acceptors (Lipinski definition) is 1. The molecule has 0 atom stereocenters.